The Morgan fingerprint density at radius 3 is 2.88 bits per heavy atom. The van der Waals surface area contributed by atoms with Crippen LogP contribution in [-0.2, 0) is 4.79 Å². The summed E-state index contributed by atoms with van der Waals surface area (Å²) >= 11 is 0. The minimum Gasteiger partial charge on any atom is -0.353 e. The molecule has 0 spiro atoms. The van der Waals surface area contributed by atoms with E-state index in [9.17, 15) is 4.79 Å². The average Bonchev–Trinajstić information content (AvgIpc) is 3.20. The molecule has 1 aromatic rings. The van der Waals surface area contributed by atoms with Crippen LogP contribution in [0.4, 0.5) is 0 Å². The number of hydrogen-bond donors (Lipinski definition) is 1. The van der Waals surface area contributed by atoms with Gasteiger partial charge >= 0.3 is 0 Å². The van der Waals surface area contributed by atoms with Crippen LogP contribution in [0.15, 0.2) is 30.1 Å². The summed E-state index contributed by atoms with van der Waals surface area (Å²) in [4.78, 5) is 12.0. The Hall–Kier alpha value is -1.91. The molecule has 2 saturated carbocycles. The molecule has 2 fully saturated rings. The lowest BCUT2D eigenvalue weighted by Crippen LogP contribution is -2.49. The van der Waals surface area contributed by atoms with E-state index in [1.807, 2.05) is 17.0 Å². The maximum Gasteiger partial charge on any atom is 0.243 e. The molecule has 2 heterocycles. The molecule has 5 rings (SSSR count). The second kappa shape index (κ2) is 5.54. The number of rotatable bonds is 1. The highest BCUT2D eigenvalue weighted by atomic mass is 16.1. The van der Waals surface area contributed by atoms with Gasteiger partial charge in [0, 0.05) is 23.7 Å². The molecule has 0 saturated heterocycles. The van der Waals surface area contributed by atoms with Crippen molar-refractivity contribution in [3.63, 3.8) is 0 Å². The first-order valence-electron chi connectivity index (χ1n) is 10.1. The fraction of sp³-hybridized carbons (Fsp3) is 0.667. The lowest BCUT2D eigenvalue weighted by atomic mass is 9.48. The standard InChI is InChI=1S/C21H28N4O/c1-20-9-10-22-19(26)13-14(20)3-4-15-16-5-6-18(25-12-11-23-24-25)21(16,2)8-7-17(15)20/h6,11-13,15-17H,3-5,7-10H2,1-2H3,(H,22,26)/t15-,16-,17-,20-,21-/m0/s1. The third-order valence-electron chi connectivity index (χ3n) is 8.19. The van der Waals surface area contributed by atoms with Crippen LogP contribution in [0.1, 0.15) is 52.4 Å². The molecule has 1 aliphatic heterocycles. The molecule has 1 aromatic heterocycles. The molecule has 5 heteroatoms. The molecule has 3 aliphatic carbocycles. The molecule has 26 heavy (non-hydrogen) atoms. The summed E-state index contributed by atoms with van der Waals surface area (Å²) in [7, 11) is 0. The van der Waals surface area contributed by atoms with Gasteiger partial charge in [-0.2, -0.15) is 0 Å². The number of fused-ring (bicyclic) bond motifs is 5. The molecule has 1 amide bonds. The Kier molecular flexibility index (Phi) is 3.47. The predicted octanol–water partition coefficient (Wildman–Crippen LogP) is 3.42. The van der Waals surface area contributed by atoms with Crippen LogP contribution in [0.2, 0.25) is 0 Å². The van der Waals surface area contributed by atoms with E-state index in [1.165, 1.54) is 30.5 Å². The largest absolute Gasteiger partial charge is 0.353 e. The fourth-order valence-electron chi connectivity index (χ4n) is 6.80. The summed E-state index contributed by atoms with van der Waals surface area (Å²) in [6, 6.07) is 0. The molecule has 5 nitrogen and oxygen atoms in total. The van der Waals surface area contributed by atoms with Gasteiger partial charge in [-0.1, -0.05) is 30.7 Å². The van der Waals surface area contributed by atoms with E-state index >= 15 is 0 Å². The van der Waals surface area contributed by atoms with Gasteiger partial charge in [0.25, 0.3) is 0 Å². The first-order chi connectivity index (χ1) is 12.5. The highest BCUT2D eigenvalue weighted by Crippen LogP contribution is 2.65. The Bertz CT molecular complexity index is 795. The highest BCUT2D eigenvalue weighted by molar-refractivity contribution is 5.88. The van der Waals surface area contributed by atoms with Gasteiger partial charge < -0.3 is 5.32 Å². The van der Waals surface area contributed by atoms with E-state index < -0.39 is 0 Å². The minimum atomic E-state index is 0.110. The Labute approximate surface area is 154 Å². The topological polar surface area (TPSA) is 59.8 Å². The lowest BCUT2D eigenvalue weighted by Gasteiger charge is -2.56. The van der Waals surface area contributed by atoms with Gasteiger partial charge in [-0.25, -0.2) is 4.68 Å². The summed E-state index contributed by atoms with van der Waals surface area (Å²) in [5.41, 5.74) is 3.13. The number of carbonyl (C=O) groups excluding carboxylic acids is 1. The molecule has 5 atom stereocenters. The summed E-state index contributed by atoms with van der Waals surface area (Å²) in [5, 5.41) is 11.4. The number of aromatic nitrogens is 3. The van der Waals surface area contributed by atoms with Crippen molar-refractivity contribution in [3.05, 3.63) is 30.1 Å². The zero-order valence-electron chi connectivity index (χ0n) is 15.7. The van der Waals surface area contributed by atoms with Gasteiger partial charge in [-0.3, -0.25) is 4.79 Å². The lowest BCUT2D eigenvalue weighted by molar-refractivity contribution is -0.116. The molecule has 4 aliphatic rings. The van der Waals surface area contributed by atoms with Crippen molar-refractivity contribution < 1.29 is 4.79 Å². The Morgan fingerprint density at radius 1 is 1.19 bits per heavy atom. The number of hydrogen-bond acceptors (Lipinski definition) is 3. The molecule has 0 radical (unpaired) electrons. The maximum atomic E-state index is 12.0. The van der Waals surface area contributed by atoms with Crippen LogP contribution in [0.25, 0.3) is 5.70 Å². The van der Waals surface area contributed by atoms with Crippen molar-refractivity contribution in [1.29, 1.82) is 0 Å². The van der Waals surface area contributed by atoms with Crippen molar-refractivity contribution in [1.82, 2.24) is 20.3 Å². The fourth-order valence-corrected chi connectivity index (χ4v) is 6.80. The first kappa shape index (κ1) is 16.3. The van der Waals surface area contributed by atoms with Gasteiger partial charge in [-0.15, -0.1) is 5.10 Å². The normalized spacial score (nSPS) is 41.9. The van der Waals surface area contributed by atoms with Gasteiger partial charge in [-0.05, 0) is 61.7 Å². The molecule has 138 valence electrons. The summed E-state index contributed by atoms with van der Waals surface area (Å²) in [5.74, 6) is 2.22. The van der Waals surface area contributed by atoms with E-state index in [4.69, 9.17) is 0 Å². The number of amides is 1. The Morgan fingerprint density at radius 2 is 2.08 bits per heavy atom. The molecule has 1 N–H and O–H groups in total. The van der Waals surface area contributed by atoms with Gasteiger partial charge in [0.2, 0.25) is 5.91 Å². The first-order valence-corrected chi connectivity index (χ1v) is 10.1. The van der Waals surface area contributed by atoms with Crippen LogP contribution in [0.3, 0.4) is 0 Å². The summed E-state index contributed by atoms with van der Waals surface area (Å²) in [6.07, 6.45) is 15.1. The van der Waals surface area contributed by atoms with E-state index in [-0.39, 0.29) is 16.7 Å². The second-order valence-corrected chi connectivity index (χ2v) is 9.17. The molecule has 0 unspecified atom stereocenters. The predicted molar refractivity (Wildman–Crippen MR) is 99.8 cm³/mol. The third kappa shape index (κ3) is 2.12. The maximum absolute atomic E-state index is 12.0. The zero-order valence-corrected chi connectivity index (χ0v) is 15.7. The van der Waals surface area contributed by atoms with Crippen LogP contribution in [0.5, 0.6) is 0 Å². The van der Waals surface area contributed by atoms with E-state index in [2.05, 4.69) is 35.6 Å². The van der Waals surface area contributed by atoms with Crippen molar-refractivity contribution in [3.8, 4) is 0 Å². The Balaban J connectivity index is 1.48. The smallest absolute Gasteiger partial charge is 0.243 e. The molecular weight excluding hydrogens is 324 g/mol. The zero-order chi connectivity index (χ0) is 17.9. The second-order valence-electron chi connectivity index (χ2n) is 9.17. The number of nitrogens with one attached hydrogen (secondary N) is 1. The van der Waals surface area contributed by atoms with E-state index in [1.54, 1.807) is 6.20 Å². The van der Waals surface area contributed by atoms with Crippen LogP contribution < -0.4 is 5.32 Å². The highest BCUT2D eigenvalue weighted by Gasteiger charge is 2.57. The third-order valence-corrected chi connectivity index (χ3v) is 8.19. The van der Waals surface area contributed by atoms with E-state index in [0.29, 0.717) is 11.8 Å². The number of allylic oxidation sites excluding steroid dienone is 3. The quantitative estimate of drug-likeness (QED) is 0.842. The molecule has 0 aromatic carbocycles. The van der Waals surface area contributed by atoms with Crippen LogP contribution >= 0.6 is 0 Å². The molecule has 0 bridgehead atoms. The van der Waals surface area contributed by atoms with Crippen LogP contribution in [0, 0.1) is 28.6 Å². The monoisotopic (exact) mass is 352 g/mol. The summed E-state index contributed by atoms with van der Waals surface area (Å²) < 4.78 is 1.99. The van der Waals surface area contributed by atoms with Crippen molar-refractivity contribution in [2.75, 3.05) is 6.54 Å². The van der Waals surface area contributed by atoms with Gasteiger partial charge in [0.1, 0.15) is 0 Å². The molecular formula is C21H28N4O. The van der Waals surface area contributed by atoms with Crippen molar-refractivity contribution in [2.45, 2.75) is 52.4 Å². The SMILES string of the molecule is C[C@]12CCNC(=O)C=C1CC[C@@H]1[C@@H]2CC[C@]2(C)C(n3ccnn3)=CC[C@@H]12. The van der Waals surface area contributed by atoms with Crippen molar-refractivity contribution in [2.24, 2.45) is 28.6 Å². The summed E-state index contributed by atoms with van der Waals surface area (Å²) in [6.45, 7) is 5.68. The minimum absolute atomic E-state index is 0.110. The number of nitrogens with zero attached hydrogens (tertiary/aromatic N) is 3. The van der Waals surface area contributed by atoms with Crippen molar-refractivity contribution >= 4 is 11.6 Å². The van der Waals surface area contributed by atoms with Crippen LogP contribution in [-0.4, -0.2) is 27.4 Å². The average molecular weight is 352 g/mol. The van der Waals surface area contributed by atoms with Gasteiger partial charge in [0.15, 0.2) is 0 Å². The van der Waals surface area contributed by atoms with E-state index in [0.717, 1.165) is 31.7 Å². The number of carbonyl (C=O) groups is 1. The van der Waals surface area contributed by atoms with Gasteiger partial charge in [0.05, 0.1) is 12.4 Å².